The van der Waals surface area contributed by atoms with Crippen LogP contribution in [0.15, 0.2) is 59.2 Å². The molecule has 1 aliphatic rings. The molecule has 0 saturated carbocycles. The number of anilines is 2. The smallest absolute Gasteiger partial charge is 0.163 e. The van der Waals surface area contributed by atoms with Crippen LogP contribution in [0, 0.1) is 17.2 Å². The van der Waals surface area contributed by atoms with Gasteiger partial charge in [0.15, 0.2) is 11.5 Å². The first-order valence-electron chi connectivity index (χ1n) is 12.6. The van der Waals surface area contributed by atoms with Gasteiger partial charge in [-0.2, -0.15) is 5.26 Å². The minimum Gasteiger partial charge on any atom is -0.493 e. The number of pyridine rings is 2. The maximum Gasteiger partial charge on any atom is 0.163 e. The van der Waals surface area contributed by atoms with E-state index in [2.05, 4.69) is 42.6 Å². The third-order valence-electron chi connectivity index (χ3n) is 6.57. The van der Waals surface area contributed by atoms with Gasteiger partial charge in [-0.1, -0.05) is 17.7 Å². The second-order valence-corrected chi connectivity index (χ2v) is 10.4. The van der Waals surface area contributed by atoms with Crippen LogP contribution in [0.2, 0.25) is 5.15 Å². The number of benzene rings is 2. The van der Waals surface area contributed by atoms with Gasteiger partial charge >= 0.3 is 0 Å². The molecule has 2 N–H and O–H groups in total. The number of fused-ring (bicyclic) bond motifs is 1. The highest BCUT2D eigenvalue weighted by molar-refractivity contribution is 9.10. The number of halogens is 2. The molecule has 0 unspecified atom stereocenters. The molecule has 2 aromatic carbocycles. The number of rotatable bonds is 9. The van der Waals surface area contributed by atoms with Crippen LogP contribution >= 0.6 is 27.5 Å². The van der Waals surface area contributed by atoms with Gasteiger partial charge < -0.3 is 24.8 Å². The number of ether oxygens (including phenoxy) is 3. The quantitative estimate of drug-likeness (QED) is 0.204. The van der Waals surface area contributed by atoms with Crippen molar-refractivity contribution in [3.05, 3.63) is 75.6 Å². The van der Waals surface area contributed by atoms with Crippen LogP contribution < -0.4 is 24.8 Å². The number of hydrogen-bond acceptors (Lipinski definition) is 8. The van der Waals surface area contributed by atoms with E-state index in [1.165, 1.54) is 0 Å². The van der Waals surface area contributed by atoms with E-state index in [1.54, 1.807) is 19.4 Å². The van der Waals surface area contributed by atoms with Crippen molar-refractivity contribution in [2.75, 3.05) is 32.1 Å². The molecule has 10 heteroatoms. The SMILES string of the molecule is COc1cc2c(Nc3ccc(OCc4cccc(Cl)n4)cc3Br)c(C#N)cnc2cc1OCC1CCNCC1. The second kappa shape index (κ2) is 12.5. The summed E-state index contributed by atoms with van der Waals surface area (Å²) in [6, 6.07) is 17.0. The molecule has 5 rings (SSSR count). The van der Waals surface area contributed by atoms with Gasteiger partial charge in [-0.3, -0.25) is 4.98 Å². The van der Waals surface area contributed by atoms with Gasteiger partial charge in [-0.15, -0.1) is 0 Å². The number of hydrogen-bond donors (Lipinski definition) is 2. The lowest BCUT2D eigenvalue weighted by Gasteiger charge is -2.23. The zero-order chi connectivity index (χ0) is 27.2. The van der Waals surface area contributed by atoms with Gasteiger partial charge in [-0.05, 0) is 84.2 Å². The Morgan fingerprint density at radius 1 is 1.13 bits per heavy atom. The Hall–Kier alpha value is -3.58. The lowest BCUT2D eigenvalue weighted by atomic mass is 9.99. The molecule has 1 saturated heterocycles. The Balaban J connectivity index is 1.38. The standard InChI is InChI=1S/C29H27BrClN5O3/c1-37-26-12-22-25(13-27(26)39-16-18-7-9-33-10-8-18)34-15-19(14-32)29(22)36-24-6-5-21(11-23(24)30)38-17-20-3-2-4-28(31)35-20/h2-6,11-13,15,18,33H,7-10,16-17H2,1H3,(H,34,36). The lowest BCUT2D eigenvalue weighted by molar-refractivity contribution is 0.208. The summed E-state index contributed by atoms with van der Waals surface area (Å²) in [5.41, 5.74) is 3.23. The van der Waals surface area contributed by atoms with E-state index < -0.39 is 0 Å². The van der Waals surface area contributed by atoms with E-state index >= 15 is 0 Å². The zero-order valence-electron chi connectivity index (χ0n) is 21.3. The van der Waals surface area contributed by atoms with Crippen LogP contribution in [0.3, 0.4) is 0 Å². The molecule has 1 fully saturated rings. The highest BCUT2D eigenvalue weighted by Crippen LogP contribution is 2.39. The third-order valence-corrected chi connectivity index (χ3v) is 7.43. The van der Waals surface area contributed by atoms with Crippen molar-refractivity contribution in [2.45, 2.75) is 19.4 Å². The summed E-state index contributed by atoms with van der Waals surface area (Å²) in [4.78, 5) is 8.77. The zero-order valence-corrected chi connectivity index (χ0v) is 23.7. The summed E-state index contributed by atoms with van der Waals surface area (Å²) >= 11 is 9.59. The van der Waals surface area contributed by atoms with Gasteiger partial charge in [0.05, 0.1) is 41.9 Å². The van der Waals surface area contributed by atoms with Crippen molar-refractivity contribution in [2.24, 2.45) is 5.92 Å². The first-order valence-corrected chi connectivity index (χ1v) is 13.8. The van der Waals surface area contributed by atoms with Crippen molar-refractivity contribution in [3.8, 4) is 23.3 Å². The summed E-state index contributed by atoms with van der Waals surface area (Å²) < 4.78 is 18.5. The molecular formula is C29H27BrClN5O3. The van der Waals surface area contributed by atoms with E-state index in [-0.39, 0.29) is 6.61 Å². The Morgan fingerprint density at radius 3 is 2.72 bits per heavy atom. The Morgan fingerprint density at radius 2 is 1.97 bits per heavy atom. The van der Waals surface area contributed by atoms with Gasteiger partial charge in [-0.25, -0.2) is 4.98 Å². The number of nitrogens with one attached hydrogen (secondary N) is 2. The average molecular weight is 609 g/mol. The maximum atomic E-state index is 9.84. The number of methoxy groups -OCH3 is 1. The van der Waals surface area contributed by atoms with Crippen molar-refractivity contribution < 1.29 is 14.2 Å². The Bertz CT molecular complexity index is 1520. The molecule has 8 nitrogen and oxygen atoms in total. The summed E-state index contributed by atoms with van der Waals surface area (Å²) in [5.74, 6) is 2.40. The number of nitrogens with zero attached hydrogens (tertiary/aromatic N) is 3. The number of piperidine rings is 1. The van der Waals surface area contributed by atoms with E-state index in [1.807, 2.05) is 42.5 Å². The number of aromatic nitrogens is 2. The summed E-state index contributed by atoms with van der Waals surface area (Å²) in [6.07, 6.45) is 3.74. The van der Waals surface area contributed by atoms with Gasteiger partial charge in [0, 0.05) is 22.1 Å². The fraction of sp³-hybridized carbons (Fsp3) is 0.276. The predicted molar refractivity (Wildman–Crippen MR) is 155 cm³/mol. The van der Waals surface area contributed by atoms with Gasteiger partial charge in [0.2, 0.25) is 0 Å². The third kappa shape index (κ3) is 6.53. The van der Waals surface area contributed by atoms with Crippen molar-refractivity contribution in [3.63, 3.8) is 0 Å². The predicted octanol–water partition coefficient (Wildman–Crippen LogP) is 6.63. The lowest BCUT2D eigenvalue weighted by Crippen LogP contribution is -2.30. The van der Waals surface area contributed by atoms with E-state index in [4.69, 9.17) is 25.8 Å². The van der Waals surface area contributed by atoms with E-state index in [0.717, 1.165) is 47.2 Å². The largest absolute Gasteiger partial charge is 0.493 e. The second-order valence-electron chi connectivity index (χ2n) is 9.19. The normalized spacial score (nSPS) is 13.6. The highest BCUT2D eigenvalue weighted by Gasteiger charge is 2.18. The van der Waals surface area contributed by atoms with Crippen LogP contribution in [0.4, 0.5) is 11.4 Å². The summed E-state index contributed by atoms with van der Waals surface area (Å²) in [6.45, 7) is 2.94. The first-order chi connectivity index (χ1) is 19.0. The fourth-order valence-corrected chi connectivity index (χ4v) is 5.10. The van der Waals surface area contributed by atoms with Crippen LogP contribution in [0.1, 0.15) is 24.1 Å². The number of nitriles is 1. The van der Waals surface area contributed by atoms with E-state index in [0.29, 0.717) is 51.7 Å². The monoisotopic (exact) mass is 607 g/mol. The highest BCUT2D eigenvalue weighted by atomic mass is 79.9. The van der Waals surface area contributed by atoms with Crippen LogP contribution in [0.5, 0.6) is 17.2 Å². The molecule has 200 valence electrons. The molecule has 0 amide bonds. The molecule has 0 spiro atoms. The summed E-state index contributed by atoms with van der Waals surface area (Å²) in [5, 5.41) is 17.8. The molecule has 39 heavy (non-hydrogen) atoms. The fourth-order valence-electron chi connectivity index (χ4n) is 4.46. The molecule has 0 atom stereocenters. The van der Waals surface area contributed by atoms with E-state index in [9.17, 15) is 5.26 Å². The van der Waals surface area contributed by atoms with Gasteiger partial charge in [0.1, 0.15) is 23.6 Å². The van der Waals surface area contributed by atoms with Crippen molar-refractivity contribution in [1.29, 1.82) is 5.26 Å². The maximum absolute atomic E-state index is 9.84. The average Bonchev–Trinajstić information content (AvgIpc) is 2.96. The summed E-state index contributed by atoms with van der Waals surface area (Å²) in [7, 11) is 1.61. The molecule has 1 aliphatic heterocycles. The Labute approximate surface area is 240 Å². The topological polar surface area (TPSA) is 101 Å². The molecule has 4 aromatic rings. The molecule has 0 radical (unpaired) electrons. The minimum absolute atomic E-state index is 0.287. The van der Waals surface area contributed by atoms with Crippen molar-refractivity contribution in [1.82, 2.24) is 15.3 Å². The molecule has 3 heterocycles. The van der Waals surface area contributed by atoms with Crippen LogP contribution in [0.25, 0.3) is 10.9 Å². The van der Waals surface area contributed by atoms with Crippen LogP contribution in [-0.2, 0) is 6.61 Å². The van der Waals surface area contributed by atoms with Crippen LogP contribution in [-0.4, -0.2) is 36.8 Å². The molecule has 0 bridgehead atoms. The van der Waals surface area contributed by atoms with Gasteiger partial charge in [0.25, 0.3) is 0 Å². The van der Waals surface area contributed by atoms with Crippen molar-refractivity contribution >= 4 is 49.8 Å². The first kappa shape index (κ1) is 27.0. The molecule has 2 aromatic heterocycles. The minimum atomic E-state index is 0.287. The molecule has 0 aliphatic carbocycles. The molecular weight excluding hydrogens is 582 g/mol. The Kier molecular flexibility index (Phi) is 8.67.